The molecule has 1 unspecified atom stereocenters. The van der Waals surface area contributed by atoms with E-state index in [-0.39, 0.29) is 5.41 Å². The number of ether oxygens (including phenoxy) is 2. The molecule has 106 valence electrons. The van der Waals surface area contributed by atoms with Gasteiger partial charge in [0.2, 0.25) is 0 Å². The highest BCUT2D eigenvalue weighted by atomic mass is 16.5. The molecule has 0 fully saturated rings. The van der Waals surface area contributed by atoms with Crippen molar-refractivity contribution >= 4 is 5.97 Å². The van der Waals surface area contributed by atoms with Crippen molar-refractivity contribution < 1.29 is 14.3 Å². The Morgan fingerprint density at radius 1 is 1.32 bits per heavy atom. The minimum absolute atomic E-state index is 0.0149. The summed E-state index contributed by atoms with van der Waals surface area (Å²) in [7, 11) is 1.33. The molecule has 0 aromatic heterocycles. The summed E-state index contributed by atoms with van der Waals surface area (Å²) in [6.07, 6.45) is 0.436. The summed E-state index contributed by atoms with van der Waals surface area (Å²) in [5.41, 5.74) is 6.82. The molecule has 0 aliphatic carbocycles. The van der Waals surface area contributed by atoms with Gasteiger partial charge in [-0.15, -0.1) is 0 Å². The minimum Gasteiger partial charge on any atom is -0.493 e. The molecule has 19 heavy (non-hydrogen) atoms. The highest BCUT2D eigenvalue weighted by Crippen LogP contribution is 2.30. The van der Waals surface area contributed by atoms with E-state index in [9.17, 15) is 4.79 Å². The van der Waals surface area contributed by atoms with E-state index in [1.807, 2.05) is 18.2 Å². The fraction of sp³-hybridized carbons (Fsp3) is 0.533. The van der Waals surface area contributed by atoms with Crippen LogP contribution in [0.1, 0.15) is 32.8 Å². The van der Waals surface area contributed by atoms with E-state index in [0.717, 1.165) is 11.3 Å². The van der Waals surface area contributed by atoms with Gasteiger partial charge in [0.1, 0.15) is 11.8 Å². The predicted octanol–water partition coefficient (Wildman–Crippen LogP) is 2.25. The van der Waals surface area contributed by atoms with Crippen LogP contribution in [-0.4, -0.2) is 25.7 Å². The summed E-state index contributed by atoms with van der Waals surface area (Å²) < 4.78 is 10.3. The topological polar surface area (TPSA) is 61.5 Å². The molecule has 0 spiro atoms. The van der Waals surface area contributed by atoms with Gasteiger partial charge in [-0.2, -0.15) is 0 Å². The van der Waals surface area contributed by atoms with Gasteiger partial charge < -0.3 is 15.2 Å². The average Bonchev–Trinajstić information content (AvgIpc) is 2.37. The van der Waals surface area contributed by atoms with E-state index < -0.39 is 12.0 Å². The number of methoxy groups -OCH3 is 1. The molecule has 4 nitrogen and oxygen atoms in total. The van der Waals surface area contributed by atoms with Crippen LogP contribution in [0.15, 0.2) is 24.3 Å². The average molecular weight is 265 g/mol. The minimum atomic E-state index is -0.633. The van der Waals surface area contributed by atoms with Gasteiger partial charge in [0, 0.05) is 6.42 Å². The monoisotopic (exact) mass is 265 g/mol. The first-order chi connectivity index (χ1) is 8.86. The molecule has 0 aliphatic rings. The predicted molar refractivity (Wildman–Crippen MR) is 75.2 cm³/mol. The molecule has 0 heterocycles. The van der Waals surface area contributed by atoms with Crippen molar-refractivity contribution in [2.75, 3.05) is 13.7 Å². The zero-order chi connectivity index (χ0) is 14.5. The van der Waals surface area contributed by atoms with Gasteiger partial charge in [0.25, 0.3) is 0 Å². The van der Waals surface area contributed by atoms with E-state index in [1.165, 1.54) is 7.11 Å². The van der Waals surface area contributed by atoms with Crippen LogP contribution in [-0.2, 0) is 14.9 Å². The van der Waals surface area contributed by atoms with Crippen LogP contribution in [0.3, 0.4) is 0 Å². The van der Waals surface area contributed by atoms with Crippen LogP contribution in [0.5, 0.6) is 5.75 Å². The molecule has 1 aromatic carbocycles. The molecule has 0 saturated carbocycles. The number of rotatable bonds is 5. The molecule has 1 rings (SSSR count). The van der Waals surface area contributed by atoms with E-state index in [4.69, 9.17) is 10.5 Å². The van der Waals surface area contributed by atoms with Gasteiger partial charge in [-0.05, 0) is 17.0 Å². The largest absolute Gasteiger partial charge is 0.493 e. The van der Waals surface area contributed by atoms with E-state index in [0.29, 0.717) is 13.0 Å². The van der Waals surface area contributed by atoms with Gasteiger partial charge >= 0.3 is 5.97 Å². The van der Waals surface area contributed by atoms with Gasteiger partial charge in [-0.25, -0.2) is 0 Å². The van der Waals surface area contributed by atoms with E-state index >= 15 is 0 Å². The smallest absolute Gasteiger partial charge is 0.322 e. The first kappa shape index (κ1) is 15.5. The molecule has 1 aromatic rings. The van der Waals surface area contributed by atoms with Crippen LogP contribution in [0, 0.1) is 0 Å². The molecule has 0 radical (unpaired) electrons. The number of carbonyl (C=O) groups excluding carboxylic acids is 1. The first-order valence-corrected chi connectivity index (χ1v) is 6.42. The summed E-state index contributed by atoms with van der Waals surface area (Å²) in [5.74, 6) is 0.430. The second-order valence-electron chi connectivity index (χ2n) is 5.51. The third-order valence-corrected chi connectivity index (χ3v) is 2.89. The van der Waals surface area contributed by atoms with Gasteiger partial charge in [-0.3, -0.25) is 4.79 Å². The van der Waals surface area contributed by atoms with E-state index in [1.54, 1.807) is 0 Å². The van der Waals surface area contributed by atoms with Crippen LogP contribution >= 0.6 is 0 Å². The van der Waals surface area contributed by atoms with Crippen molar-refractivity contribution in [3.05, 3.63) is 29.8 Å². The number of para-hydroxylation sites is 1. The number of nitrogens with two attached hydrogens (primary N) is 1. The Labute approximate surface area is 114 Å². The van der Waals surface area contributed by atoms with Gasteiger partial charge in [0.15, 0.2) is 0 Å². The highest BCUT2D eigenvalue weighted by Gasteiger charge is 2.19. The highest BCUT2D eigenvalue weighted by molar-refractivity contribution is 5.75. The van der Waals surface area contributed by atoms with Crippen LogP contribution in [0.2, 0.25) is 0 Å². The lowest BCUT2D eigenvalue weighted by molar-refractivity contribution is -0.142. The third kappa shape index (κ3) is 4.56. The Kier molecular flexibility index (Phi) is 5.36. The zero-order valence-corrected chi connectivity index (χ0v) is 12.1. The van der Waals surface area contributed by atoms with Crippen molar-refractivity contribution in [3.63, 3.8) is 0 Å². The standard InChI is InChI=1S/C15H23NO3/c1-15(2,3)11-7-5-6-8-13(11)19-10-9-12(16)14(17)18-4/h5-8,12H,9-10,16H2,1-4H3. The second-order valence-corrected chi connectivity index (χ2v) is 5.51. The summed E-state index contributed by atoms with van der Waals surface area (Å²) in [4.78, 5) is 11.2. The maximum Gasteiger partial charge on any atom is 0.322 e. The lowest BCUT2D eigenvalue weighted by atomic mass is 9.86. The Hall–Kier alpha value is -1.55. The van der Waals surface area contributed by atoms with Crippen molar-refractivity contribution in [1.29, 1.82) is 0 Å². The first-order valence-electron chi connectivity index (χ1n) is 6.42. The summed E-state index contributed by atoms with van der Waals surface area (Å²) in [6.45, 7) is 6.80. The van der Waals surface area contributed by atoms with Crippen molar-refractivity contribution in [1.82, 2.24) is 0 Å². The van der Waals surface area contributed by atoms with E-state index in [2.05, 4.69) is 31.6 Å². The van der Waals surface area contributed by atoms with Crippen LogP contribution in [0.4, 0.5) is 0 Å². The summed E-state index contributed by atoms with van der Waals surface area (Å²) in [6, 6.07) is 7.28. The molecular formula is C15H23NO3. The molecule has 0 aliphatic heterocycles. The molecular weight excluding hydrogens is 242 g/mol. The SMILES string of the molecule is COC(=O)C(N)CCOc1ccccc1C(C)(C)C. The molecule has 1 atom stereocenters. The normalized spacial score (nSPS) is 12.9. The van der Waals surface area contributed by atoms with Gasteiger partial charge in [0.05, 0.1) is 13.7 Å². The zero-order valence-electron chi connectivity index (χ0n) is 12.1. The van der Waals surface area contributed by atoms with Crippen molar-refractivity contribution in [2.45, 2.75) is 38.6 Å². The Balaban J connectivity index is 2.62. The number of benzene rings is 1. The Bertz CT molecular complexity index is 424. The quantitative estimate of drug-likeness (QED) is 0.829. The third-order valence-electron chi connectivity index (χ3n) is 2.89. The fourth-order valence-corrected chi connectivity index (χ4v) is 1.78. The van der Waals surface area contributed by atoms with Gasteiger partial charge in [-0.1, -0.05) is 39.0 Å². The summed E-state index contributed by atoms with van der Waals surface area (Å²) in [5, 5.41) is 0. The maximum atomic E-state index is 11.2. The molecule has 0 bridgehead atoms. The van der Waals surface area contributed by atoms with Crippen LogP contribution < -0.4 is 10.5 Å². The Morgan fingerprint density at radius 2 is 1.95 bits per heavy atom. The number of carbonyl (C=O) groups is 1. The fourth-order valence-electron chi connectivity index (χ4n) is 1.78. The number of hydrogen-bond acceptors (Lipinski definition) is 4. The van der Waals surface area contributed by atoms with Crippen LogP contribution in [0.25, 0.3) is 0 Å². The summed E-state index contributed by atoms with van der Waals surface area (Å²) >= 11 is 0. The molecule has 0 amide bonds. The molecule has 0 saturated heterocycles. The maximum absolute atomic E-state index is 11.2. The van der Waals surface area contributed by atoms with Crippen molar-refractivity contribution in [3.8, 4) is 5.75 Å². The Morgan fingerprint density at radius 3 is 2.53 bits per heavy atom. The molecule has 2 N–H and O–H groups in total. The lowest BCUT2D eigenvalue weighted by Gasteiger charge is -2.23. The van der Waals surface area contributed by atoms with Crippen molar-refractivity contribution in [2.24, 2.45) is 5.73 Å². The molecule has 4 heteroatoms. The lowest BCUT2D eigenvalue weighted by Crippen LogP contribution is -2.33. The second kappa shape index (κ2) is 6.57. The number of esters is 1. The number of hydrogen-bond donors (Lipinski definition) is 1.